The van der Waals surface area contributed by atoms with Crippen LogP contribution in [-0.4, -0.2) is 45.4 Å². The van der Waals surface area contributed by atoms with Crippen LogP contribution in [-0.2, 0) is 0 Å². The average molecular weight is 320 g/mol. The summed E-state index contributed by atoms with van der Waals surface area (Å²) in [6, 6.07) is 4.12. The van der Waals surface area contributed by atoms with Crippen molar-refractivity contribution in [2.45, 2.75) is 32.5 Å². The Hall–Kier alpha value is -0.865. The molecule has 2 aliphatic rings. The van der Waals surface area contributed by atoms with Gasteiger partial charge in [-0.25, -0.2) is 0 Å². The monoisotopic (exact) mass is 319 g/mol. The standard InChI is InChI=1S/C17H27BClN3/c1-18-13-11-16(14(19)12-15(13)20)22-9-5-17(6-10-22)3-7-21(2)8-4-17/h11-12,18H,3-10,20H2,1-2H3. The number of piperidine rings is 2. The Balaban J connectivity index is 1.71. The Labute approximate surface area is 140 Å². The van der Waals surface area contributed by atoms with E-state index in [2.05, 4.69) is 29.7 Å². The molecule has 5 heteroatoms. The summed E-state index contributed by atoms with van der Waals surface area (Å²) in [6.07, 6.45) is 5.30. The highest BCUT2D eigenvalue weighted by atomic mass is 35.5. The topological polar surface area (TPSA) is 32.5 Å². The number of likely N-dealkylation sites (tertiary alicyclic amines) is 1. The summed E-state index contributed by atoms with van der Waals surface area (Å²) in [7, 11) is 3.20. The number of nitrogens with two attached hydrogens (primary N) is 1. The highest BCUT2D eigenvalue weighted by Crippen LogP contribution is 2.42. The molecule has 0 aliphatic carbocycles. The van der Waals surface area contributed by atoms with E-state index in [0.29, 0.717) is 5.41 Å². The van der Waals surface area contributed by atoms with Gasteiger partial charge >= 0.3 is 0 Å². The Morgan fingerprint density at radius 3 is 2.27 bits per heavy atom. The zero-order valence-electron chi connectivity index (χ0n) is 13.9. The van der Waals surface area contributed by atoms with Crippen molar-refractivity contribution in [2.24, 2.45) is 5.41 Å². The largest absolute Gasteiger partial charge is 0.399 e. The molecule has 0 saturated carbocycles. The first-order valence-electron chi connectivity index (χ1n) is 8.54. The summed E-state index contributed by atoms with van der Waals surface area (Å²) < 4.78 is 0. The lowest BCUT2D eigenvalue weighted by Crippen LogP contribution is -2.46. The maximum absolute atomic E-state index is 6.46. The van der Waals surface area contributed by atoms with Gasteiger partial charge in [0.05, 0.1) is 10.7 Å². The summed E-state index contributed by atoms with van der Waals surface area (Å²) >= 11 is 6.46. The Kier molecular flexibility index (Phi) is 4.60. The van der Waals surface area contributed by atoms with Crippen molar-refractivity contribution in [2.75, 3.05) is 43.9 Å². The smallest absolute Gasteiger partial charge is 0.157 e. The number of nitrogens with zero attached hydrogens (tertiary/aromatic N) is 2. The first kappa shape index (κ1) is 16.0. The molecule has 1 aromatic rings. The minimum atomic E-state index is 0.580. The summed E-state index contributed by atoms with van der Waals surface area (Å²) in [5, 5.41) is 0.800. The van der Waals surface area contributed by atoms with Crippen LogP contribution in [0.3, 0.4) is 0 Å². The van der Waals surface area contributed by atoms with Crippen molar-refractivity contribution < 1.29 is 0 Å². The molecule has 0 unspecified atom stereocenters. The van der Waals surface area contributed by atoms with Gasteiger partial charge in [-0.15, -0.1) is 0 Å². The van der Waals surface area contributed by atoms with E-state index in [1.165, 1.54) is 49.9 Å². The van der Waals surface area contributed by atoms with Crippen LogP contribution >= 0.6 is 11.6 Å². The Morgan fingerprint density at radius 1 is 1.09 bits per heavy atom. The molecule has 0 amide bonds. The highest BCUT2D eigenvalue weighted by Gasteiger charge is 2.37. The molecule has 2 fully saturated rings. The fourth-order valence-electron chi connectivity index (χ4n) is 3.98. The summed E-state index contributed by atoms with van der Waals surface area (Å²) in [6.45, 7) is 6.89. The third kappa shape index (κ3) is 3.09. The number of anilines is 2. The minimum Gasteiger partial charge on any atom is -0.399 e. The van der Waals surface area contributed by atoms with Gasteiger partial charge in [-0.3, -0.25) is 0 Å². The lowest BCUT2D eigenvalue weighted by Gasteiger charge is -2.47. The second kappa shape index (κ2) is 6.33. The number of nitrogen functional groups attached to an aromatic ring is 1. The molecule has 0 radical (unpaired) electrons. The van der Waals surface area contributed by atoms with Gasteiger partial charge in [-0.05, 0) is 63.4 Å². The number of rotatable bonds is 2. The number of hydrogen-bond donors (Lipinski definition) is 1. The molecular weight excluding hydrogens is 292 g/mol. The van der Waals surface area contributed by atoms with Crippen molar-refractivity contribution in [3.63, 3.8) is 0 Å². The minimum absolute atomic E-state index is 0.580. The van der Waals surface area contributed by atoms with Crippen LogP contribution in [0.1, 0.15) is 25.7 Å². The predicted octanol–water partition coefficient (Wildman–Crippen LogP) is 2.34. The molecule has 1 aromatic carbocycles. The van der Waals surface area contributed by atoms with Crippen LogP contribution < -0.4 is 16.1 Å². The lowest BCUT2D eigenvalue weighted by atomic mass is 9.70. The zero-order valence-corrected chi connectivity index (χ0v) is 14.6. The third-order valence-corrected chi connectivity index (χ3v) is 6.10. The fourth-order valence-corrected chi connectivity index (χ4v) is 4.28. The molecule has 3 rings (SSSR count). The highest BCUT2D eigenvalue weighted by molar-refractivity contribution is 6.54. The maximum Gasteiger partial charge on any atom is 0.157 e. The van der Waals surface area contributed by atoms with Crippen molar-refractivity contribution in [3.05, 3.63) is 17.2 Å². The van der Waals surface area contributed by atoms with E-state index in [9.17, 15) is 0 Å². The summed E-state index contributed by atoms with van der Waals surface area (Å²) in [4.78, 5) is 4.92. The van der Waals surface area contributed by atoms with Gasteiger partial charge in [0, 0.05) is 18.8 Å². The first-order chi connectivity index (χ1) is 10.5. The van der Waals surface area contributed by atoms with Crippen LogP contribution in [0.15, 0.2) is 12.1 Å². The van der Waals surface area contributed by atoms with E-state index in [1.54, 1.807) is 0 Å². The normalized spacial score (nSPS) is 22.0. The molecule has 1 spiro atoms. The zero-order chi connectivity index (χ0) is 15.7. The Morgan fingerprint density at radius 2 is 1.68 bits per heavy atom. The van der Waals surface area contributed by atoms with Crippen LogP contribution in [0.2, 0.25) is 11.8 Å². The van der Waals surface area contributed by atoms with Gasteiger partial charge in [0.1, 0.15) is 0 Å². The second-order valence-electron chi connectivity index (χ2n) is 7.15. The predicted molar refractivity (Wildman–Crippen MR) is 99.1 cm³/mol. The van der Waals surface area contributed by atoms with E-state index in [0.717, 1.165) is 31.1 Å². The van der Waals surface area contributed by atoms with Gasteiger partial charge < -0.3 is 15.5 Å². The molecule has 2 N–H and O–H groups in total. The van der Waals surface area contributed by atoms with Gasteiger partial charge in [0.15, 0.2) is 7.28 Å². The van der Waals surface area contributed by atoms with E-state index in [4.69, 9.17) is 17.3 Å². The van der Waals surface area contributed by atoms with Gasteiger partial charge in [0.2, 0.25) is 0 Å². The molecule has 2 aliphatic heterocycles. The van der Waals surface area contributed by atoms with E-state index in [1.807, 2.05) is 6.07 Å². The lowest BCUT2D eigenvalue weighted by molar-refractivity contribution is 0.0945. The van der Waals surface area contributed by atoms with E-state index >= 15 is 0 Å². The van der Waals surface area contributed by atoms with Gasteiger partial charge in [-0.1, -0.05) is 23.9 Å². The second-order valence-corrected chi connectivity index (χ2v) is 7.55. The number of hydrogen-bond acceptors (Lipinski definition) is 3. The van der Waals surface area contributed by atoms with Crippen LogP contribution in [0, 0.1) is 5.41 Å². The summed E-state index contributed by atoms with van der Waals surface area (Å²) in [5.41, 5.74) is 9.83. The van der Waals surface area contributed by atoms with Gasteiger partial charge in [0.25, 0.3) is 0 Å². The fraction of sp³-hybridized carbons (Fsp3) is 0.647. The molecule has 0 bridgehead atoms. The molecule has 2 saturated heterocycles. The molecule has 22 heavy (non-hydrogen) atoms. The van der Waals surface area contributed by atoms with E-state index in [-0.39, 0.29) is 0 Å². The molecule has 2 heterocycles. The first-order valence-corrected chi connectivity index (χ1v) is 8.92. The van der Waals surface area contributed by atoms with Gasteiger partial charge in [-0.2, -0.15) is 0 Å². The molecule has 0 atom stereocenters. The number of benzene rings is 1. The van der Waals surface area contributed by atoms with Crippen molar-refractivity contribution >= 4 is 35.7 Å². The quantitative estimate of drug-likeness (QED) is 0.671. The molecule has 0 aromatic heterocycles. The Bertz CT molecular complexity index is 531. The van der Waals surface area contributed by atoms with E-state index < -0.39 is 0 Å². The molecule has 120 valence electrons. The van der Waals surface area contributed by atoms with Crippen LogP contribution in [0.25, 0.3) is 0 Å². The average Bonchev–Trinajstić information content (AvgIpc) is 2.52. The maximum atomic E-state index is 6.46. The third-order valence-electron chi connectivity index (χ3n) is 5.80. The molecule has 3 nitrogen and oxygen atoms in total. The number of halogens is 1. The van der Waals surface area contributed by atoms with Crippen LogP contribution in [0.4, 0.5) is 11.4 Å². The SMILES string of the molecule is CBc1cc(N2CCC3(CCN(C)CC3)CC2)c(Cl)cc1N. The summed E-state index contributed by atoms with van der Waals surface area (Å²) in [5.74, 6) is 0. The van der Waals surface area contributed by atoms with Crippen molar-refractivity contribution in [1.82, 2.24) is 4.90 Å². The van der Waals surface area contributed by atoms with Crippen molar-refractivity contribution in [3.8, 4) is 0 Å². The van der Waals surface area contributed by atoms with Crippen molar-refractivity contribution in [1.29, 1.82) is 0 Å². The van der Waals surface area contributed by atoms with Crippen LogP contribution in [0.5, 0.6) is 0 Å². The molecular formula is C17H27BClN3.